The minimum Gasteiger partial charge on any atom is -0.256 e. The number of nitrogens with zero attached hydrogens (tertiary/aromatic N) is 1. The molecule has 0 N–H and O–H groups in total. The number of aryl methyl sites for hydroxylation is 2. The molecule has 1 aromatic carbocycles. The minimum absolute atomic E-state index is 0.976. The molecular formula is C20H19N. The van der Waals surface area contributed by atoms with E-state index in [9.17, 15) is 0 Å². The fraction of sp³-hybridized carbons (Fsp3) is 0.150. The van der Waals surface area contributed by atoms with E-state index in [2.05, 4.69) is 61.2 Å². The largest absolute Gasteiger partial charge is 0.256 e. The topological polar surface area (TPSA) is 12.9 Å². The monoisotopic (exact) mass is 273 g/mol. The molecule has 1 heterocycles. The normalized spacial score (nSPS) is 11.6. The average Bonchev–Trinajstić information content (AvgIpc) is 2.50. The van der Waals surface area contributed by atoms with Crippen LogP contribution in [0.1, 0.15) is 23.6 Å². The summed E-state index contributed by atoms with van der Waals surface area (Å²) in [5.74, 6) is 2.54. The van der Waals surface area contributed by atoms with E-state index < -0.39 is 0 Å². The molecule has 1 heteroatoms. The van der Waals surface area contributed by atoms with Crippen LogP contribution in [0.4, 0.5) is 0 Å². The van der Waals surface area contributed by atoms with Crippen LogP contribution in [0.5, 0.6) is 0 Å². The van der Waals surface area contributed by atoms with Gasteiger partial charge in [0.05, 0.1) is 5.69 Å². The van der Waals surface area contributed by atoms with E-state index in [1.165, 1.54) is 5.56 Å². The Hall–Kier alpha value is -2.59. The molecule has 1 aromatic heterocycles. The first-order valence-corrected chi connectivity index (χ1v) is 6.98. The summed E-state index contributed by atoms with van der Waals surface area (Å²) < 4.78 is 0. The van der Waals surface area contributed by atoms with Crippen LogP contribution in [0.15, 0.2) is 54.8 Å². The highest BCUT2D eigenvalue weighted by atomic mass is 14.7. The van der Waals surface area contributed by atoms with Crippen molar-refractivity contribution in [3.8, 4) is 23.6 Å². The van der Waals surface area contributed by atoms with Crippen molar-refractivity contribution in [2.75, 3.05) is 0 Å². The van der Waals surface area contributed by atoms with E-state index in [1.54, 1.807) is 6.08 Å². The highest BCUT2D eigenvalue weighted by molar-refractivity contribution is 5.78. The molecule has 0 aliphatic rings. The third-order valence-electron chi connectivity index (χ3n) is 3.43. The number of allylic oxidation sites excluding steroid dienone is 4. The smallest absolute Gasteiger partial charge is 0.0708 e. The molecule has 2 aromatic rings. The molecule has 0 fully saturated rings. The Kier molecular flexibility index (Phi) is 4.74. The fourth-order valence-electron chi connectivity index (χ4n) is 2.20. The fourth-order valence-corrected chi connectivity index (χ4v) is 2.20. The molecule has 0 amide bonds. The molecule has 1 nitrogen and oxygen atoms in total. The molecule has 0 unspecified atom stereocenters. The molecule has 21 heavy (non-hydrogen) atoms. The summed E-state index contributed by atoms with van der Waals surface area (Å²) in [6, 6.07) is 10.5. The van der Waals surface area contributed by atoms with Gasteiger partial charge in [-0.1, -0.05) is 41.8 Å². The molecule has 0 spiro atoms. The lowest BCUT2D eigenvalue weighted by atomic mass is 9.98. The SMILES string of the molecule is C#C/C=C\C(=C/C)c1cc(-c2ccc(C)cc2)ncc1C. The van der Waals surface area contributed by atoms with Crippen molar-refractivity contribution in [1.82, 2.24) is 4.98 Å². The summed E-state index contributed by atoms with van der Waals surface area (Å²) in [7, 11) is 0. The lowest BCUT2D eigenvalue weighted by Gasteiger charge is -2.09. The second-order valence-electron chi connectivity index (χ2n) is 4.99. The van der Waals surface area contributed by atoms with Crippen molar-refractivity contribution in [2.24, 2.45) is 0 Å². The van der Waals surface area contributed by atoms with Gasteiger partial charge < -0.3 is 0 Å². The van der Waals surface area contributed by atoms with Gasteiger partial charge in [0, 0.05) is 11.8 Å². The summed E-state index contributed by atoms with van der Waals surface area (Å²) in [4.78, 5) is 4.54. The van der Waals surface area contributed by atoms with Crippen LogP contribution in [-0.2, 0) is 0 Å². The van der Waals surface area contributed by atoms with E-state index in [-0.39, 0.29) is 0 Å². The highest BCUT2D eigenvalue weighted by Crippen LogP contribution is 2.25. The Bertz CT molecular complexity index is 725. The van der Waals surface area contributed by atoms with E-state index in [0.29, 0.717) is 0 Å². The van der Waals surface area contributed by atoms with E-state index in [0.717, 1.165) is 28.0 Å². The average molecular weight is 273 g/mol. The lowest BCUT2D eigenvalue weighted by Crippen LogP contribution is -1.92. The Morgan fingerprint density at radius 3 is 2.52 bits per heavy atom. The number of aromatic nitrogens is 1. The quantitative estimate of drug-likeness (QED) is 0.569. The molecule has 0 aliphatic heterocycles. The van der Waals surface area contributed by atoms with Gasteiger partial charge in [-0.2, -0.15) is 0 Å². The Balaban J connectivity index is 2.49. The van der Waals surface area contributed by atoms with Crippen molar-refractivity contribution in [3.63, 3.8) is 0 Å². The zero-order valence-corrected chi connectivity index (χ0v) is 12.7. The van der Waals surface area contributed by atoms with Crippen molar-refractivity contribution in [2.45, 2.75) is 20.8 Å². The molecule has 0 saturated carbocycles. The second kappa shape index (κ2) is 6.72. The summed E-state index contributed by atoms with van der Waals surface area (Å²) in [6.07, 6.45) is 13.0. The van der Waals surface area contributed by atoms with E-state index >= 15 is 0 Å². The summed E-state index contributed by atoms with van der Waals surface area (Å²) in [5, 5.41) is 0. The number of terminal acetylenes is 1. The molecule has 0 aliphatic carbocycles. The Labute approximate surface area is 127 Å². The van der Waals surface area contributed by atoms with Gasteiger partial charge in [-0.25, -0.2) is 0 Å². The van der Waals surface area contributed by atoms with Crippen molar-refractivity contribution in [3.05, 3.63) is 71.4 Å². The predicted octanol–water partition coefficient (Wildman–Crippen LogP) is 4.96. The van der Waals surface area contributed by atoms with Gasteiger partial charge in [0.1, 0.15) is 0 Å². The molecule has 0 bridgehead atoms. The predicted molar refractivity (Wildman–Crippen MR) is 90.8 cm³/mol. The number of rotatable bonds is 3. The number of hydrogen-bond donors (Lipinski definition) is 0. The molecule has 0 atom stereocenters. The molecular weight excluding hydrogens is 254 g/mol. The first-order valence-electron chi connectivity index (χ1n) is 6.98. The maximum absolute atomic E-state index is 5.31. The molecule has 0 saturated heterocycles. The van der Waals surface area contributed by atoms with Gasteiger partial charge in [0.15, 0.2) is 0 Å². The number of benzene rings is 1. The standard InChI is InChI=1S/C20H19N/c1-5-7-8-17(6-2)19-13-20(21-14-16(19)4)18-11-9-15(3)10-12-18/h1,6-14H,2-4H3/b8-7-,17-6+. The molecule has 2 rings (SSSR count). The van der Waals surface area contributed by atoms with Gasteiger partial charge >= 0.3 is 0 Å². The van der Waals surface area contributed by atoms with E-state index in [1.807, 2.05) is 19.2 Å². The van der Waals surface area contributed by atoms with Crippen molar-refractivity contribution >= 4 is 5.57 Å². The second-order valence-corrected chi connectivity index (χ2v) is 4.99. The van der Waals surface area contributed by atoms with Crippen LogP contribution < -0.4 is 0 Å². The first-order chi connectivity index (χ1) is 10.2. The van der Waals surface area contributed by atoms with Crippen molar-refractivity contribution in [1.29, 1.82) is 0 Å². The number of pyridine rings is 1. The van der Waals surface area contributed by atoms with Gasteiger partial charge in [-0.05, 0) is 55.7 Å². The van der Waals surface area contributed by atoms with Gasteiger partial charge in [0.2, 0.25) is 0 Å². The maximum atomic E-state index is 5.31. The van der Waals surface area contributed by atoms with Gasteiger partial charge in [-0.3, -0.25) is 4.98 Å². The van der Waals surface area contributed by atoms with Crippen LogP contribution in [0.3, 0.4) is 0 Å². The minimum atomic E-state index is 0.976. The van der Waals surface area contributed by atoms with Crippen LogP contribution in [0, 0.1) is 26.2 Å². The Morgan fingerprint density at radius 1 is 1.19 bits per heavy atom. The van der Waals surface area contributed by atoms with Crippen LogP contribution in [0.25, 0.3) is 16.8 Å². The Morgan fingerprint density at radius 2 is 1.90 bits per heavy atom. The highest BCUT2D eigenvalue weighted by Gasteiger charge is 2.06. The van der Waals surface area contributed by atoms with Gasteiger partial charge in [-0.15, -0.1) is 6.42 Å². The maximum Gasteiger partial charge on any atom is 0.0708 e. The zero-order valence-electron chi connectivity index (χ0n) is 12.7. The van der Waals surface area contributed by atoms with Gasteiger partial charge in [0.25, 0.3) is 0 Å². The van der Waals surface area contributed by atoms with Crippen LogP contribution >= 0.6 is 0 Å². The summed E-state index contributed by atoms with van der Waals surface area (Å²) in [6.45, 7) is 6.16. The van der Waals surface area contributed by atoms with Crippen molar-refractivity contribution < 1.29 is 0 Å². The first kappa shape index (κ1) is 14.8. The number of hydrogen-bond acceptors (Lipinski definition) is 1. The van der Waals surface area contributed by atoms with Crippen LogP contribution in [0.2, 0.25) is 0 Å². The zero-order chi connectivity index (χ0) is 15.2. The van der Waals surface area contributed by atoms with Crippen LogP contribution in [-0.4, -0.2) is 4.98 Å². The molecule has 104 valence electrons. The third-order valence-corrected chi connectivity index (χ3v) is 3.43. The van der Waals surface area contributed by atoms with E-state index in [4.69, 9.17) is 6.42 Å². The summed E-state index contributed by atoms with van der Waals surface area (Å²) >= 11 is 0. The third kappa shape index (κ3) is 3.49. The summed E-state index contributed by atoms with van der Waals surface area (Å²) in [5.41, 5.74) is 6.76. The lowest BCUT2D eigenvalue weighted by molar-refractivity contribution is 1.25. The molecule has 0 radical (unpaired) electrons.